The second-order valence-electron chi connectivity index (χ2n) is 12.5. The molecule has 39 heavy (non-hydrogen) atoms. The lowest BCUT2D eigenvalue weighted by Crippen LogP contribution is -2.29. The summed E-state index contributed by atoms with van der Waals surface area (Å²) in [6.45, 7) is 11.2. The van der Waals surface area contributed by atoms with Gasteiger partial charge in [0.2, 0.25) is 0 Å². The van der Waals surface area contributed by atoms with Crippen molar-refractivity contribution in [1.82, 2.24) is 14.5 Å². The van der Waals surface area contributed by atoms with E-state index in [1.807, 2.05) is 6.07 Å². The Kier molecular flexibility index (Phi) is 10.4. The van der Waals surface area contributed by atoms with Crippen LogP contribution in [0.5, 0.6) is 0 Å². The first-order valence-electron chi connectivity index (χ1n) is 13.7. The molecule has 0 aliphatic heterocycles. The van der Waals surface area contributed by atoms with Gasteiger partial charge < -0.3 is 19.1 Å². The highest BCUT2D eigenvalue weighted by atomic mass is 28.3. The summed E-state index contributed by atoms with van der Waals surface area (Å²) < 4.78 is 53.0. The summed E-state index contributed by atoms with van der Waals surface area (Å²) in [5, 5.41) is 9.18. The highest BCUT2D eigenvalue weighted by Crippen LogP contribution is 2.37. The van der Waals surface area contributed by atoms with Crippen molar-refractivity contribution in [1.29, 1.82) is 0 Å². The fourth-order valence-corrected chi connectivity index (χ4v) is 5.34. The molecule has 1 N–H and O–H groups in total. The molecule has 0 atom stereocenters. The Labute approximate surface area is 230 Å². The zero-order chi connectivity index (χ0) is 28.8. The smallest absolute Gasteiger partial charge is 0.434 e. The highest BCUT2D eigenvalue weighted by Gasteiger charge is 2.35. The van der Waals surface area contributed by atoms with Crippen LogP contribution in [0.4, 0.5) is 13.2 Å². The molecular formula is C28H42F3N3O4Si. The second kappa shape index (κ2) is 12.9. The zero-order valence-electron chi connectivity index (χ0n) is 23.7. The Morgan fingerprint density at radius 3 is 2.36 bits per heavy atom. The largest absolute Gasteiger partial charge is 0.481 e. The van der Waals surface area contributed by atoms with Gasteiger partial charge in [0.05, 0.1) is 12.0 Å². The van der Waals surface area contributed by atoms with Crippen LogP contribution in [0, 0.1) is 11.3 Å². The van der Waals surface area contributed by atoms with E-state index < -0.39 is 31.3 Å². The minimum atomic E-state index is -4.54. The molecule has 0 unspecified atom stereocenters. The quantitative estimate of drug-likeness (QED) is 0.205. The van der Waals surface area contributed by atoms with Gasteiger partial charge in [-0.05, 0) is 70.0 Å². The summed E-state index contributed by atoms with van der Waals surface area (Å²) in [6.07, 6.45) is 3.01. The summed E-state index contributed by atoms with van der Waals surface area (Å²) in [4.78, 5) is 19.7. The van der Waals surface area contributed by atoms with Gasteiger partial charge in [-0.2, -0.15) is 13.2 Å². The van der Waals surface area contributed by atoms with Crippen LogP contribution in [-0.2, 0) is 27.2 Å². The number of ether oxygens (including phenoxy) is 2. The van der Waals surface area contributed by atoms with E-state index in [2.05, 4.69) is 29.6 Å². The molecule has 3 rings (SSSR count). The number of carbonyl (C=O) groups is 1. The third-order valence-corrected chi connectivity index (χ3v) is 9.02. The maximum absolute atomic E-state index is 13.4. The lowest BCUT2D eigenvalue weighted by Gasteiger charge is -2.28. The number of hydrogen-bond donors (Lipinski definition) is 1. The van der Waals surface area contributed by atoms with E-state index in [0.29, 0.717) is 30.6 Å². The first-order valence-corrected chi connectivity index (χ1v) is 17.4. The third-order valence-electron chi connectivity index (χ3n) is 7.32. The predicted molar refractivity (Wildman–Crippen MR) is 146 cm³/mol. The molecule has 0 amide bonds. The molecule has 1 aliphatic carbocycles. The monoisotopic (exact) mass is 569 g/mol. The van der Waals surface area contributed by atoms with E-state index in [0.717, 1.165) is 50.0 Å². The number of rotatable bonds is 13. The number of carboxylic acids is 1. The molecule has 2 heterocycles. The first kappa shape index (κ1) is 31.3. The van der Waals surface area contributed by atoms with Crippen LogP contribution in [0.15, 0.2) is 24.5 Å². The highest BCUT2D eigenvalue weighted by molar-refractivity contribution is 6.76. The fourth-order valence-electron chi connectivity index (χ4n) is 4.59. The van der Waals surface area contributed by atoms with Gasteiger partial charge >= 0.3 is 12.1 Å². The molecule has 0 saturated heterocycles. The Balaban J connectivity index is 1.56. The number of pyridine rings is 1. The second-order valence-corrected chi connectivity index (χ2v) is 18.1. The van der Waals surface area contributed by atoms with Gasteiger partial charge in [-0.3, -0.25) is 9.78 Å². The molecular weight excluding hydrogens is 527 g/mol. The van der Waals surface area contributed by atoms with Crippen molar-refractivity contribution in [3.05, 3.63) is 35.9 Å². The van der Waals surface area contributed by atoms with E-state index in [-0.39, 0.29) is 19.2 Å². The summed E-state index contributed by atoms with van der Waals surface area (Å²) in [5.41, 5.74) is -0.360. The van der Waals surface area contributed by atoms with Crippen LogP contribution in [0.3, 0.4) is 0 Å². The van der Waals surface area contributed by atoms with Gasteiger partial charge in [0.1, 0.15) is 12.6 Å². The summed E-state index contributed by atoms with van der Waals surface area (Å²) >= 11 is 0. The molecule has 1 saturated carbocycles. The van der Waals surface area contributed by atoms with E-state index in [9.17, 15) is 23.1 Å². The number of carboxylic acid groups (broad SMARTS) is 1. The molecule has 1 aliphatic rings. The topological polar surface area (TPSA) is 86.5 Å². The standard InChI is InChI=1S/C28H42F3N3O4Si/c1-27(2,26(35)36)18-37-13-12-20-6-8-21(9-7-20)23-11-10-22(16-32-23)25-33-24(28(29,30)31)17-34(25)19-38-14-15-39(3,4)5/h10-11,16-17,20-21H,6-9,12-15,18-19H2,1-5H3,(H,35,36). The number of aromatic nitrogens is 3. The van der Waals surface area contributed by atoms with Crippen LogP contribution >= 0.6 is 0 Å². The predicted octanol–water partition coefficient (Wildman–Crippen LogP) is 7.07. The lowest BCUT2D eigenvalue weighted by atomic mass is 9.79. The maximum atomic E-state index is 13.4. The molecule has 0 aromatic carbocycles. The van der Waals surface area contributed by atoms with Gasteiger partial charge in [0.25, 0.3) is 0 Å². The van der Waals surface area contributed by atoms with Gasteiger partial charge in [-0.15, -0.1) is 0 Å². The van der Waals surface area contributed by atoms with Crippen LogP contribution in [0.1, 0.15) is 63.3 Å². The third kappa shape index (κ3) is 9.42. The van der Waals surface area contributed by atoms with E-state index in [4.69, 9.17) is 9.47 Å². The van der Waals surface area contributed by atoms with E-state index in [1.54, 1.807) is 26.1 Å². The lowest BCUT2D eigenvalue weighted by molar-refractivity contribution is -0.150. The summed E-state index contributed by atoms with van der Waals surface area (Å²) in [5.74, 6) is 0.168. The average molecular weight is 570 g/mol. The van der Waals surface area contributed by atoms with Crippen LogP contribution in [0.25, 0.3) is 11.4 Å². The Bertz CT molecular complexity index is 1070. The fraction of sp³-hybridized carbons (Fsp3) is 0.679. The van der Waals surface area contributed by atoms with Gasteiger partial charge in [0, 0.05) is 50.9 Å². The van der Waals surface area contributed by atoms with Crippen molar-refractivity contribution in [2.75, 3.05) is 19.8 Å². The Morgan fingerprint density at radius 2 is 1.79 bits per heavy atom. The molecule has 0 bridgehead atoms. The van der Waals surface area contributed by atoms with Crippen LogP contribution < -0.4 is 0 Å². The molecule has 218 valence electrons. The number of alkyl halides is 3. The maximum Gasteiger partial charge on any atom is 0.434 e. The van der Waals surface area contributed by atoms with E-state index in [1.165, 1.54) is 4.57 Å². The van der Waals surface area contributed by atoms with Crippen molar-refractivity contribution >= 4 is 14.0 Å². The molecule has 1 fully saturated rings. The average Bonchev–Trinajstić information content (AvgIpc) is 3.29. The summed E-state index contributed by atoms with van der Waals surface area (Å²) in [7, 11) is -1.31. The van der Waals surface area contributed by atoms with Crippen molar-refractivity contribution in [3.63, 3.8) is 0 Å². The Morgan fingerprint density at radius 1 is 1.10 bits per heavy atom. The molecule has 2 aromatic rings. The first-order chi connectivity index (χ1) is 18.2. The minimum Gasteiger partial charge on any atom is -0.481 e. The number of hydrogen-bond acceptors (Lipinski definition) is 5. The van der Waals surface area contributed by atoms with Gasteiger partial charge in [-0.25, -0.2) is 4.98 Å². The van der Waals surface area contributed by atoms with Crippen molar-refractivity contribution in [3.8, 4) is 11.4 Å². The SMILES string of the molecule is CC(C)(COCCC1CCC(c2ccc(-c3nc(C(F)(F)F)cn3COCC[Si](C)(C)C)cn2)CC1)C(=O)O. The zero-order valence-corrected chi connectivity index (χ0v) is 24.7. The number of nitrogens with zero attached hydrogens (tertiary/aromatic N) is 3. The van der Waals surface area contributed by atoms with Crippen LogP contribution in [0.2, 0.25) is 25.7 Å². The molecule has 7 nitrogen and oxygen atoms in total. The van der Waals surface area contributed by atoms with Crippen molar-refractivity contribution in [2.45, 2.75) is 90.5 Å². The van der Waals surface area contributed by atoms with Crippen molar-refractivity contribution < 1.29 is 32.5 Å². The van der Waals surface area contributed by atoms with Gasteiger partial charge in [0.15, 0.2) is 5.69 Å². The summed E-state index contributed by atoms with van der Waals surface area (Å²) in [6, 6.07) is 4.63. The molecule has 0 spiro atoms. The molecule has 0 radical (unpaired) electrons. The van der Waals surface area contributed by atoms with Crippen molar-refractivity contribution in [2.24, 2.45) is 11.3 Å². The van der Waals surface area contributed by atoms with Gasteiger partial charge in [-0.1, -0.05) is 19.6 Å². The van der Waals surface area contributed by atoms with E-state index >= 15 is 0 Å². The normalized spacial score (nSPS) is 18.9. The number of imidazole rings is 1. The Hall–Kier alpha value is -2.24. The number of aliphatic carboxylic acids is 1. The minimum absolute atomic E-state index is 0.00613. The van der Waals surface area contributed by atoms with Crippen LogP contribution in [-0.4, -0.2) is 53.5 Å². The number of halogens is 3. The molecule has 2 aromatic heterocycles. The molecule has 11 heteroatoms.